The minimum Gasteiger partial charge on any atom is -0.493 e. The Morgan fingerprint density at radius 2 is 1.56 bits per heavy atom. The maximum absolute atomic E-state index is 12.4. The molecule has 0 aliphatic carbocycles. The van der Waals surface area contributed by atoms with Gasteiger partial charge in [0.25, 0.3) is 5.91 Å². The summed E-state index contributed by atoms with van der Waals surface area (Å²) in [7, 11) is 0. The van der Waals surface area contributed by atoms with Gasteiger partial charge in [0.05, 0.1) is 13.0 Å². The number of rotatable bonds is 9. The van der Waals surface area contributed by atoms with Crippen LogP contribution in [-0.2, 0) is 16.1 Å². The summed E-state index contributed by atoms with van der Waals surface area (Å²) in [4.78, 5) is 35.5. The van der Waals surface area contributed by atoms with Gasteiger partial charge in [-0.15, -0.1) is 0 Å². The highest BCUT2D eigenvalue weighted by Gasteiger charge is 2.08. The van der Waals surface area contributed by atoms with E-state index in [1.807, 2.05) is 42.5 Å². The SMILES string of the molecule is CC(=O)Oc1cccc(C(=O)NCc2ccc(NC(=O)CCOc3ccccc3)cc2)c1. The van der Waals surface area contributed by atoms with Gasteiger partial charge in [-0.05, 0) is 48.0 Å². The molecule has 0 saturated heterocycles. The molecule has 164 valence electrons. The second kappa shape index (κ2) is 11.3. The summed E-state index contributed by atoms with van der Waals surface area (Å²) >= 11 is 0. The van der Waals surface area contributed by atoms with Crippen molar-refractivity contribution in [1.29, 1.82) is 0 Å². The van der Waals surface area contributed by atoms with E-state index in [0.29, 0.717) is 30.2 Å². The number of esters is 1. The predicted molar refractivity (Wildman–Crippen MR) is 121 cm³/mol. The minimum absolute atomic E-state index is 0.144. The highest BCUT2D eigenvalue weighted by molar-refractivity contribution is 5.94. The number of ether oxygens (including phenoxy) is 2. The summed E-state index contributed by atoms with van der Waals surface area (Å²) in [5.74, 6) is 0.173. The van der Waals surface area contributed by atoms with Crippen molar-refractivity contribution in [2.24, 2.45) is 0 Å². The lowest BCUT2D eigenvalue weighted by molar-refractivity contribution is -0.131. The van der Waals surface area contributed by atoms with Gasteiger partial charge >= 0.3 is 5.97 Å². The summed E-state index contributed by atoms with van der Waals surface area (Å²) in [6, 6.07) is 22.9. The van der Waals surface area contributed by atoms with Gasteiger partial charge in [-0.25, -0.2) is 0 Å². The summed E-state index contributed by atoms with van der Waals surface area (Å²) in [5.41, 5.74) is 1.93. The first-order valence-electron chi connectivity index (χ1n) is 10.1. The van der Waals surface area contributed by atoms with Crippen LogP contribution in [0.1, 0.15) is 29.3 Å². The Morgan fingerprint density at radius 1 is 0.844 bits per heavy atom. The van der Waals surface area contributed by atoms with Crippen molar-refractivity contribution < 1.29 is 23.9 Å². The smallest absolute Gasteiger partial charge is 0.308 e. The number of anilines is 1. The molecule has 3 aromatic rings. The number of hydrogen-bond acceptors (Lipinski definition) is 5. The van der Waals surface area contributed by atoms with Crippen LogP contribution in [0, 0.1) is 0 Å². The quantitative estimate of drug-likeness (QED) is 0.394. The summed E-state index contributed by atoms with van der Waals surface area (Å²) in [6.07, 6.45) is 0.235. The highest BCUT2D eigenvalue weighted by Crippen LogP contribution is 2.14. The van der Waals surface area contributed by atoms with Gasteiger partial charge < -0.3 is 20.1 Å². The number of amides is 2. The Hall–Kier alpha value is -4.13. The summed E-state index contributed by atoms with van der Waals surface area (Å²) < 4.78 is 10.5. The summed E-state index contributed by atoms with van der Waals surface area (Å²) in [5, 5.41) is 5.64. The van der Waals surface area contributed by atoms with E-state index in [-0.39, 0.29) is 18.2 Å². The average Bonchev–Trinajstić information content (AvgIpc) is 2.79. The van der Waals surface area contributed by atoms with Gasteiger partial charge in [0.2, 0.25) is 5.91 Å². The molecule has 3 rings (SSSR count). The van der Waals surface area contributed by atoms with Gasteiger partial charge in [-0.1, -0.05) is 36.4 Å². The van der Waals surface area contributed by atoms with E-state index in [2.05, 4.69) is 10.6 Å². The molecule has 0 bridgehead atoms. The fourth-order valence-corrected chi connectivity index (χ4v) is 2.86. The number of carbonyl (C=O) groups excluding carboxylic acids is 3. The molecule has 0 radical (unpaired) electrons. The first-order chi connectivity index (χ1) is 15.5. The van der Waals surface area contributed by atoms with E-state index in [9.17, 15) is 14.4 Å². The minimum atomic E-state index is -0.446. The third-order valence-corrected chi connectivity index (χ3v) is 4.39. The molecule has 2 amide bonds. The zero-order chi connectivity index (χ0) is 22.8. The summed E-state index contributed by atoms with van der Waals surface area (Å²) in [6.45, 7) is 1.91. The van der Waals surface area contributed by atoms with Gasteiger partial charge in [0.15, 0.2) is 0 Å². The number of nitrogens with one attached hydrogen (secondary N) is 2. The van der Waals surface area contributed by atoms with Crippen LogP contribution in [0.4, 0.5) is 5.69 Å². The third-order valence-electron chi connectivity index (χ3n) is 4.39. The fourth-order valence-electron chi connectivity index (χ4n) is 2.86. The van der Waals surface area contributed by atoms with Crippen molar-refractivity contribution in [2.45, 2.75) is 19.9 Å². The molecule has 3 aromatic carbocycles. The van der Waals surface area contributed by atoms with Crippen LogP contribution in [0.5, 0.6) is 11.5 Å². The van der Waals surface area contributed by atoms with Crippen molar-refractivity contribution in [1.82, 2.24) is 5.32 Å². The molecule has 0 fully saturated rings. The highest BCUT2D eigenvalue weighted by atomic mass is 16.5. The van der Waals surface area contributed by atoms with E-state index in [1.165, 1.54) is 13.0 Å². The van der Waals surface area contributed by atoms with Crippen LogP contribution in [0.15, 0.2) is 78.9 Å². The van der Waals surface area contributed by atoms with Crippen LogP contribution >= 0.6 is 0 Å². The molecule has 0 aliphatic heterocycles. The molecule has 2 N–H and O–H groups in total. The van der Waals surface area contributed by atoms with E-state index < -0.39 is 5.97 Å². The molecular weight excluding hydrogens is 408 g/mol. The lowest BCUT2D eigenvalue weighted by Crippen LogP contribution is -2.22. The van der Waals surface area contributed by atoms with Crippen molar-refractivity contribution >= 4 is 23.5 Å². The number of hydrogen-bond donors (Lipinski definition) is 2. The van der Waals surface area contributed by atoms with Crippen molar-refractivity contribution in [3.8, 4) is 11.5 Å². The van der Waals surface area contributed by atoms with Crippen LogP contribution < -0.4 is 20.1 Å². The maximum atomic E-state index is 12.4. The number of para-hydroxylation sites is 1. The second-order valence-electron chi connectivity index (χ2n) is 6.96. The van der Waals surface area contributed by atoms with Crippen LogP contribution in [0.2, 0.25) is 0 Å². The average molecular weight is 432 g/mol. The van der Waals surface area contributed by atoms with Crippen molar-refractivity contribution in [2.75, 3.05) is 11.9 Å². The lowest BCUT2D eigenvalue weighted by Gasteiger charge is -2.09. The van der Waals surface area contributed by atoms with E-state index in [1.54, 1.807) is 30.3 Å². The van der Waals surface area contributed by atoms with Crippen molar-refractivity contribution in [3.05, 3.63) is 90.0 Å². The van der Waals surface area contributed by atoms with E-state index in [4.69, 9.17) is 9.47 Å². The predicted octanol–water partition coefficient (Wildman–Crippen LogP) is 3.95. The van der Waals surface area contributed by atoms with Gasteiger partial charge in [0, 0.05) is 24.7 Å². The monoisotopic (exact) mass is 432 g/mol. The molecule has 0 unspecified atom stereocenters. The third kappa shape index (κ3) is 7.28. The first kappa shape index (κ1) is 22.6. The molecule has 0 saturated carbocycles. The Balaban J connectivity index is 1.43. The van der Waals surface area contributed by atoms with Gasteiger partial charge in [0.1, 0.15) is 11.5 Å². The standard InChI is InChI=1S/C25H24N2O5/c1-18(28)32-23-9-5-6-20(16-23)25(30)26-17-19-10-12-21(13-11-19)27-24(29)14-15-31-22-7-3-2-4-8-22/h2-13,16H,14-15,17H2,1H3,(H,26,30)(H,27,29). The molecule has 7 nitrogen and oxygen atoms in total. The number of benzene rings is 3. The molecule has 0 atom stereocenters. The molecule has 0 spiro atoms. The first-order valence-corrected chi connectivity index (χ1v) is 10.1. The molecule has 0 aromatic heterocycles. The largest absolute Gasteiger partial charge is 0.493 e. The molecule has 0 aliphatic rings. The lowest BCUT2D eigenvalue weighted by atomic mass is 10.1. The van der Waals surface area contributed by atoms with Crippen LogP contribution in [-0.4, -0.2) is 24.4 Å². The molecule has 7 heteroatoms. The second-order valence-corrected chi connectivity index (χ2v) is 6.96. The van der Waals surface area contributed by atoms with Gasteiger partial charge in [-0.2, -0.15) is 0 Å². The van der Waals surface area contributed by atoms with Gasteiger partial charge in [-0.3, -0.25) is 14.4 Å². The Morgan fingerprint density at radius 3 is 2.28 bits per heavy atom. The Labute approximate surface area is 186 Å². The zero-order valence-corrected chi connectivity index (χ0v) is 17.7. The topological polar surface area (TPSA) is 93.7 Å². The van der Waals surface area contributed by atoms with Crippen molar-refractivity contribution in [3.63, 3.8) is 0 Å². The Kier molecular flexibility index (Phi) is 7.97. The van der Waals surface area contributed by atoms with Crippen LogP contribution in [0.3, 0.4) is 0 Å². The molecule has 32 heavy (non-hydrogen) atoms. The fraction of sp³-hybridized carbons (Fsp3) is 0.160. The Bertz CT molecular complexity index is 1070. The van der Waals surface area contributed by atoms with Crippen LogP contribution in [0.25, 0.3) is 0 Å². The maximum Gasteiger partial charge on any atom is 0.308 e. The number of carbonyl (C=O) groups is 3. The molecular formula is C25H24N2O5. The van der Waals surface area contributed by atoms with E-state index >= 15 is 0 Å². The normalized spacial score (nSPS) is 10.2. The zero-order valence-electron chi connectivity index (χ0n) is 17.7. The van der Waals surface area contributed by atoms with E-state index in [0.717, 1.165) is 11.3 Å². The molecule has 0 heterocycles.